The van der Waals surface area contributed by atoms with Crippen molar-refractivity contribution in [2.24, 2.45) is 5.92 Å². The lowest BCUT2D eigenvalue weighted by Gasteiger charge is -2.05. The number of hydrogen-bond acceptors (Lipinski definition) is 0. The first kappa shape index (κ1) is 40.8. The summed E-state index contributed by atoms with van der Waals surface area (Å²) in [5.41, 5.74) is 3.81. The van der Waals surface area contributed by atoms with Crippen LogP contribution < -0.4 is 0 Å². The molecule has 0 nitrogen and oxygen atoms in total. The summed E-state index contributed by atoms with van der Waals surface area (Å²) in [4.78, 5) is 0. The van der Waals surface area contributed by atoms with Crippen LogP contribution in [-0.4, -0.2) is 0 Å². The molecule has 0 spiro atoms. The van der Waals surface area contributed by atoms with Gasteiger partial charge in [0.2, 0.25) is 0 Å². The molecule has 0 atom stereocenters. The highest BCUT2D eigenvalue weighted by atomic mass is 14.0. The Morgan fingerprint density at radius 3 is 1.11 bits per heavy atom. The van der Waals surface area contributed by atoms with Gasteiger partial charge >= 0.3 is 0 Å². The van der Waals surface area contributed by atoms with E-state index in [1.165, 1.54) is 42.4 Å². The highest BCUT2D eigenvalue weighted by molar-refractivity contribution is 5.24. The van der Waals surface area contributed by atoms with Gasteiger partial charge in [-0.05, 0) is 39.5 Å². The molecule has 0 aromatic rings. The Balaban J connectivity index is -0.0000000545. The van der Waals surface area contributed by atoms with E-state index in [4.69, 9.17) is 0 Å². The summed E-state index contributed by atoms with van der Waals surface area (Å²) < 4.78 is 0. The molecule has 0 saturated heterocycles. The highest BCUT2D eigenvalue weighted by Crippen LogP contribution is 2.10. The summed E-state index contributed by atoms with van der Waals surface area (Å²) in [6.07, 6.45) is 9.85. The van der Waals surface area contributed by atoms with Crippen LogP contribution in [0, 0.1) is 5.92 Å². The minimum atomic E-state index is 0.963. The zero-order valence-electron chi connectivity index (χ0n) is 22.3. The molecule has 0 unspecified atom stereocenters. The second kappa shape index (κ2) is 44.6. The highest BCUT2D eigenvalue weighted by Gasteiger charge is 1.95. The minimum Gasteiger partial charge on any atom is -0.100 e. The second-order valence-corrected chi connectivity index (χ2v) is 5.94. The van der Waals surface area contributed by atoms with E-state index in [0.717, 1.165) is 18.8 Å². The van der Waals surface area contributed by atoms with Gasteiger partial charge in [0, 0.05) is 0 Å². The van der Waals surface area contributed by atoms with Crippen molar-refractivity contribution in [3.8, 4) is 0 Å². The van der Waals surface area contributed by atoms with Gasteiger partial charge in [0.1, 0.15) is 0 Å². The summed E-state index contributed by atoms with van der Waals surface area (Å²) >= 11 is 0. The Labute approximate surface area is 177 Å². The molecule has 0 aliphatic carbocycles. The molecule has 0 N–H and O–H groups in total. The average molecular weight is 385 g/mol. The van der Waals surface area contributed by atoms with Crippen LogP contribution in [-0.2, 0) is 0 Å². The third-order valence-electron chi connectivity index (χ3n) is 3.44. The van der Waals surface area contributed by atoms with Gasteiger partial charge in [-0.25, -0.2) is 0 Å². The lowest BCUT2D eigenvalue weighted by Crippen LogP contribution is -1.91. The van der Waals surface area contributed by atoms with E-state index in [9.17, 15) is 0 Å². The summed E-state index contributed by atoms with van der Waals surface area (Å²) in [5.74, 6) is 0.963. The predicted octanol–water partition coefficient (Wildman–Crippen LogP) is 11.2. The third-order valence-corrected chi connectivity index (χ3v) is 3.44. The Morgan fingerprint density at radius 1 is 0.741 bits per heavy atom. The lowest BCUT2D eigenvalue weighted by molar-refractivity contribution is 0.480. The van der Waals surface area contributed by atoms with Crippen LogP contribution in [0.2, 0.25) is 0 Å². The number of hydrogen-bond donors (Lipinski definition) is 0. The average Bonchev–Trinajstić information content (AvgIpc) is 2.68. The molecular formula is C27H60. The van der Waals surface area contributed by atoms with Crippen LogP contribution in [0.5, 0.6) is 0 Å². The van der Waals surface area contributed by atoms with Gasteiger partial charge < -0.3 is 0 Å². The molecule has 0 aliphatic rings. The van der Waals surface area contributed by atoms with Gasteiger partial charge in [-0.1, -0.05) is 131 Å². The zero-order valence-corrected chi connectivity index (χ0v) is 22.3. The first-order chi connectivity index (χ1) is 12.8. The summed E-state index contributed by atoms with van der Waals surface area (Å²) in [5, 5.41) is 0. The van der Waals surface area contributed by atoms with Crippen molar-refractivity contribution in [1.82, 2.24) is 0 Å². The van der Waals surface area contributed by atoms with E-state index in [2.05, 4.69) is 53.9 Å². The van der Waals surface area contributed by atoms with E-state index in [0.29, 0.717) is 0 Å². The smallest absolute Gasteiger partial charge is 0.0308 e. The van der Waals surface area contributed by atoms with Crippen LogP contribution in [0.4, 0.5) is 0 Å². The molecule has 27 heavy (non-hydrogen) atoms. The van der Waals surface area contributed by atoms with E-state index >= 15 is 0 Å². The van der Waals surface area contributed by atoms with Crippen LogP contribution in [0.1, 0.15) is 135 Å². The third kappa shape index (κ3) is 58.7. The first-order valence-corrected chi connectivity index (χ1v) is 11.8. The van der Waals surface area contributed by atoms with Crippen molar-refractivity contribution in [3.05, 3.63) is 36.0 Å². The van der Waals surface area contributed by atoms with Crippen LogP contribution in [0.3, 0.4) is 0 Å². The Hall–Kier alpha value is -0.780. The molecule has 0 aliphatic heterocycles. The zero-order chi connectivity index (χ0) is 23.3. The molecule has 0 aromatic heterocycles. The fraction of sp³-hybridized carbons (Fsp3) is 0.778. The van der Waals surface area contributed by atoms with Crippen molar-refractivity contribution in [2.45, 2.75) is 135 Å². The monoisotopic (exact) mass is 384 g/mol. The van der Waals surface area contributed by atoms with Crippen LogP contribution in [0.15, 0.2) is 36.0 Å². The van der Waals surface area contributed by atoms with Crippen molar-refractivity contribution in [1.29, 1.82) is 0 Å². The number of allylic oxidation sites excluding steroid dienone is 4. The molecule has 0 heterocycles. The maximum atomic E-state index is 3.83. The normalized spacial score (nSPS) is 8.63. The molecule has 0 fully saturated rings. The van der Waals surface area contributed by atoms with Crippen molar-refractivity contribution >= 4 is 0 Å². The van der Waals surface area contributed by atoms with Crippen LogP contribution in [0.25, 0.3) is 0 Å². The maximum Gasteiger partial charge on any atom is -0.0308 e. The van der Waals surface area contributed by atoms with Gasteiger partial charge in [-0.15, -0.1) is 6.58 Å². The predicted molar refractivity (Wildman–Crippen MR) is 137 cm³/mol. The molecule has 0 amide bonds. The molecular weight excluding hydrogens is 324 g/mol. The topological polar surface area (TPSA) is 0 Å². The summed E-state index contributed by atoms with van der Waals surface area (Å²) in [7, 11) is 0. The minimum absolute atomic E-state index is 0.963. The Kier molecular flexibility index (Phi) is 67.3. The quantitative estimate of drug-likeness (QED) is 0.302. The summed E-state index contributed by atoms with van der Waals surface area (Å²) in [6, 6.07) is 0. The van der Waals surface area contributed by atoms with Gasteiger partial charge in [0.25, 0.3) is 0 Å². The molecule has 0 rings (SSSR count). The molecule has 0 radical (unpaired) electrons. The van der Waals surface area contributed by atoms with Gasteiger partial charge in [0.15, 0.2) is 0 Å². The van der Waals surface area contributed by atoms with Gasteiger partial charge in [-0.2, -0.15) is 0 Å². The molecule has 0 saturated carbocycles. The molecule has 0 aromatic carbocycles. The van der Waals surface area contributed by atoms with Crippen LogP contribution >= 0.6 is 0 Å². The van der Waals surface area contributed by atoms with Crippen molar-refractivity contribution in [3.63, 3.8) is 0 Å². The Bertz CT molecular complexity index is 262. The summed E-state index contributed by atoms with van der Waals surface area (Å²) in [6.45, 7) is 36.7. The van der Waals surface area contributed by atoms with E-state index < -0.39 is 0 Å². The first-order valence-electron chi connectivity index (χ1n) is 11.8. The SMILES string of the molecule is C=C(C)/C(=C\C)CC.C=C(C)CC.CC.CC.CC.CCCC(C)CCC. The molecule has 0 heteroatoms. The van der Waals surface area contributed by atoms with E-state index in [-0.39, 0.29) is 0 Å². The van der Waals surface area contributed by atoms with E-state index in [1.54, 1.807) is 0 Å². The maximum absolute atomic E-state index is 3.83. The van der Waals surface area contributed by atoms with Crippen molar-refractivity contribution in [2.75, 3.05) is 0 Å². The Morgan fingerprint density at radius 2 is 1.04 bits per heavy atom. The molecule has 168 valence electrons. The van der Waals surface area contributed by atoms with Gasteiger partial charge in [0.05, 0.1) is 0 Å². The lowest BCUT2D eigenvalue weighted by atomic mass is 10.0. The fourth-order valence-electron chi connectivity index (χ4n) is 1.88. The molecule has 0 bridgehead atoms. The fourth-order valence-corrected chi connectivity index (χ4v) is 1.88. The standard InChI is InChI=1S/C8H14.C8H18.C5H10.3C2H6/c1-5-8(6-2)7(3)4;1-4-6-8(3)7-5-2;1-4-5(2)3;3*1-2/h5H,3,6H2,1-2,4H3;8H,4-7H2,1-3H3;2,4H2,1,3H3;3*1-2H3/b8-5-;;;;;. The van der Waals surface area contributed by atoms with E-state index in [1.807, 2.05) is 62.3 Å². The largest absolute Gasteiger partial charge is 0.100 e. The number of rotatable bonds is 7. The van der Waals surface area contributed by atoms with Gasteiger partial charge in [-0.3, -0.25) is 0 Å². The second-order valence-electron chi connectivity index (χ2n) is 5.94. The van der Waals surface area contributed by atoms with Crippen molar-refractivity contribution < 1.29 is 0 Å².